The zero-order valence-electron chi connectivity index (χ0n) is 72.6. The van der Waals surface area contributed by atoms with Crippen LogP contribution in [0.1, 0.15) is 111 Å². The molecule has 5 heteroatoms. The standard InChI is InChI=1S/C109H89BN4/c1-106(2,3)79-54-59-98-95(66-79)110-94-58-55-83(112-97-51-32-31-48-84(97)85-49-33-50-96(111)105(85)112)69-99(94)114(104-88(74-42-25-14-26-43-74)64-81(108(7,8)9)65-89(104)75-44-27-15-28-45-75)101-68-82(67-100(102(101)110)113(98)103-86(72-38-21-12-22-39-72)62-80(107(4,5)6)63-87(103)73-40-23-13-24-41-73)109(78-46-29-16-30-47-78)92-56-52-76(70-34-17-10-18-35-70)60-90(92)91-61-77(53-57-93(91)109)71-36-19-11-20-37-71/h10-69H,111H2,1-9H3/i31D,32D,33D,48D,49D,50D,51D. The van der Waals surface area contributed by atoms with E-state index in [-0.39, 0.29) is 67.9 Å². The summed E-state index contributed by atoms with van der Waals surface area (Å²) in [6, 6.07) is 116. The van der Waals surface area contributed by atoms with E-state index >= 15 is 0 Å². The van der Waals surface area contributed by atoms with Crippen LogP contribution in [0.3, 0.4) is 0 Å². The highest BCUT2D eigenvalue weighted by Gasteiger charge is 2.51. The zero-order chi connectivity index (χ0) is 83.6. The number of anilines is 7. The van der Waals surface area contributed by atoms with E-state index < -0.39 is 30.3 Å². The molecule has 1 aromatic heterocycles. The van der Waals surface area contributed by atoms with Gasteiger partial charge < -0.3 is 20.1 Å². The van der Waals surface area contributed by atoms with Crippen LogP contribution in [0.15, 0.2) is 364 Å². The van der Waals surface area contributed by atoms with E-state index in [1.165, 1.54) is 5.56 Å². The molecule has 0 spiro atoms. The van der Waals surface area contributed by atoms with Gasteiger partial charge in [0, 0.05) is 61.5 Å². The molecule has 20 rings (SSSR count). The normalized spacial score (nSPS) is 14.2. The highest BCUT2D eigenvalue weighted by atomic mass is 15.2. The average molecular weight is 1470 g/mol. The van der Waals surface area contributed by atoms with Crippen LogP contribution in [-0.4, -0.2) is 11.3 Å². The molecule has 1 aliphatic carbocycles. The van der Waals surface area contributed by atoms with Crippen LogP contribution in [0.5, 0.6) is 0 Å². The zero-order valence-corrected chi connectivity index (χ0v) is 65.6. The summed E-state index contributed by atoms with van der Waals surface area (Å²) in [7, 11) is 0. The predicted octanol–water partition coefficient (Wildman–Crippen LogP) is 26.7. The first-order chi connectivity index (χ1) is 58.3. The maximum absolute atomic E-state index is 10.1. The number of para-hydroxylation sites is 2. The van der Waals surface area contributed by atoms with E-state index in [4.69, 9.17) is 5.73 Å². The Bertz CT molecular complexity index is 6810. The van der Waals surface area contributed by atoms with Crippen LogP contribution in [0.4, 0.5) is 39.8 Å². The molecule has 0 fully saturated rings. The molecule has 2 aliphatic heterocycles. The summed E-state index contributed by atoms with van der Waals surface area (Å²) in [6.45, 7) is 20.1. The number of hydrogen-bond acceptors (Lipinski definition) is 3. The highest BCUT2D eigenvalue weighted by molar-refractivity contribution is 7.00. The molecule has 0 atom stereocenters. The Hall–Kier alpha value is -13.2. The Morgan fingerprint density at radius 2 is 0.737 bits per heavy atom. The molecule has 3 heterocycles. The molecule has 16 aromatic carbocycles. The van der Waals surface area contributed by atoms with Gasteiger partial charge in [-0.1, -0.05) is 347 Å². The summed E-state index contributed by atoms with van der Waals surface area (Å²) in [5.74, 6) is 0. The predicted molar refractivity (Wildman–Crippen MR) is 485 cm³/mol. The Labute approximate surface area is 680 Å². The summed E-state index contributed by atoms with van der Waals surface area (Å²) >= 11 is 0. The van der Waals surface area contributed by atoms with Crippen molar-refractivity contribution in [2.24, 2.45) is 0 Å². The molecule has 2 N–H and O–H groups in total. The maximum atomic E-state index is 10.1. The van der Waals surface area contributed by atoms with Crippen molar-refractivity contribution in [3.8, 4) is 83.6 Å². The summed E-state index contributed by atoms with van der Waals surface area (Å²) < 4.78 is 68.9. The Balaban J connectivity index is 1.04. The van der Waals surface area contributed by atoms with E-state index in [2.05, 4.69) is 388 Å². The van der Waals surface area contributed by atoms with Gasteiger partial charge in [0.15, 0.2) is 0 Å². The smallest absolute Gasteiger partial charge is 0.252 e. The lowest BCUT2D eigenvalue weighted by atomic mass is 9.33. The fraction of sp³-hybridized carbons (Fsp3) is 0.119. The molecule has 0 saturated carbocycles. The van der Waals surface area contributed by atoms with E-state index in [1.54, 1.807) is 4.57 Å². The van der Waals surface area contributed by atoms with Crippen molar-refractivity contribution < 1.29 is 9.60 Å². The molecular weight excluding hydrogens is 1380 g/mol. The lowest BCUT2D eigenvalue weighted by Gasteiger charge is -2.47. The third-order valence-electron chi connectivity index (χ3n) is 24.1. The number of nitrogen functional groups attached to an aromatic ring is 1. The van der Waals surface area contributed by atoms with E-state index in [0.29, 0.717) is 5.69 Å². The van der Waals surface area contributed by atoms with Gasteiger partial charge in [-0.2, -0.15) is 0 Å². The largest absolute Gasteiger partial charge is 0.397 e. The van der Waals surface area contributed by atoms with Crippen molar-refractivity contribution in [2.45, 2.75) is 84.0 Å². The number of nitrogens with two attached hydrogens (primary N) is 1. The van der Waals surface area contributed by atoms with Gasteiger partial charge in [0.1, 0.15) is 0 Å². The molecule has 0 saturated heterocycles. The van der Waals surface area contributed by atoms with Crippen molar-refractivity contribution in [3.05, 3.63) is 403 Å². The molecule has 0 unspecified atom stereocenters. The van der Waals surface area contributed by atoms with Crippen LogP contribution in [0.25, 0.3) is 105 Å². The Morgan fingerprint density at radius 1 is 0.316 bits per heavy atom. The fourth-order valence-electron chi connectivity index (χ4n) is 18.5. The molecule has 0 bridgehead atoms. The molecule has 0 amide bonds. The molecule has 114 heavy (non-hydrogen) atoms. The van der Waals surface area contributed by atoms with Crippen molar-refractivity contribution >= 4 is 84.7 Å². The number of aromatic nitrogens is 1. The number of rotatable bonds is 11. The first-order valence-corrected chi connectivity index (χ1v) is 39.7. The highest BCUT2D eigenvalue weighted by Crippen LogP contribution is 2.62. The number of fused-ring (bicyclic) bond motifs is 10. The molecule has 17 aromatic rings. The van der Waals surface area contributed by atoms with Gasteiger partial charge in [0.2, 0.25) is 0 Å². The summed E-state index contributed by atoms with van der Waals surface area (Å²) in [5.41, 5.74) is 36.9. The van der Waals surface area contributed by atoms with Gasteiger partial charge in [0.05, 0.1) is 43.1 Å². The van der Waals surface area contributed by atoms with Crippen LogP contribution in [-0.2, 0) is 21.7 Å². The van der Waals surface area contributed by atoms with Crippen molar-refractivity contribution in [1.29, 1.82) is 0 Å². The van der Waals surface area contributed by atoms with Gasteiger partial charge in [-0.05, 0) is 206 Å². The van der Waals surface area contributed by atoms with Gasteiger partial charge >= 0.3 is 0 Å². The molecule has 548 valence electrons. The molecule has 0 radical (unpaired) electrons. The van der Waals surface area contributed by atoms with Crippen LogP contribution in [0.2, 0.25) is 0 Å². The van der Waals surface area contributed by atoms with Gasteiger partial charge in [0.25, 0.3) is 6.71 Å². The van der Waals surface area contributed by atoms with Gasteiger partial charge in [-0.15, -0.1) is 0 Å². The molecular formula is C109H89BN4. The van der Waals surface area contributed by atoms with Crippen LogP contribution in [0, 0.1) is 0 Å². The van der Waals surface area contributed by atoms with Crippen molar-refractivity contribution in [2.75, 3.05) is 15.5 Å². The molecule has 3 aliphatic rings. The van der Waals surface area contributed by atoms with Crippen molar-refractivity contribution in [1.82, 2.24) is 4.57 Å². The fourth-order valence-corrected chi connectivity index (χ4v) is 18.5. The third kappa shape index (κ3) is 11.2. The SMILES string of the molecule is [2H]c1c([2H])c([2H])c2c(c1[2H])c1c([2H])c([2H])c([2H])c(N)c1n2-c1ccc2c(c1)N(c1c(-c3ccccc3)cc(C(C)(C)C)cc1-c1ccccc1)c1cc(C3(c4ccccc4)c4ccc(-c5ccccc5)cc4-c4cc(-c5ccccc5)ccc43)cc3c1B2c1cc(C(C)(C)C)ccc1N3c1c(-c2ccccc2)cc(C(C)(C)C)cc1-c1ccccc1. The van der Waals surface area contributed by atoms with E-state index in [0.717, 1.165) is 162 Å². The average Bonchev–Trinajstić information content (AvgIpc) is 1.64. The maximum Gasteiger partial charge on any atom is 0.252 e. The monoisotopic (exact) mass is 1470 g/mol. The minimum absolute atomic E-state index is 0.0438. The Morgan fingerprint density at radius 3 is 1.19 bits per heavy atom. The lowest BCUT2D eigenvalue weighted by molar-refractivity contribution is 0.590. The third-order valence-corrected chi connectivity index (χ3v) is 24.1. The van der Waals surface area contributed by atoms with Crippen LogP contribution < -0.4 is 31.9 Å². The Kier molecular flexibility index (Phi) is 14.7. The number of benzene rings is 16. The van der Waals surface area contributed by atoms with E-state index in [9.17, 15) is 9.60 Å². The quantitative estimate of drug-likeness (QED) is 0.104. The van der Waals surface area contributed by atoms with Gasteiger partial charge in [-0.3, -0.25) is 0 Å². The summed E-state index contributed by atoms with van der Waals surface area (Å²) in [4.78, 5) is 5.18. The summed E-state index contributed by atoms with van der Waals surface area (Å²) in [5, 5.41) is 0.110. The molecule has 4 nitrogen and oxygen atoms in total. The number of nitrogens with zero attached hydrogens (tertiary/aromatic N) is 3. The first kappa shape index (κ1) is 62.4. The van der Waals surface area contributed by atoms with Crippen LogP contribution >= 0.6 is 0 Å². The van der Waals surface area contributed by atoms with Gasteiger partial charge in [-0.25, -0.2) is 0 Å². The first-order valence-electron chi connectivity index (χ1n) is 43.2. The summed E-state index contributed by atoms with van der Waals surface area (Å²) in [6.07, 6.45) is 0. The lowest BCUT2D eigenvalue weighted by Crippen LogP contribution is -2.61. The van der Waals surface area contributed by atoms with E-state index in [1.807, 2.05) is 6.07 Å². The second kappa shape index (κ2) is 26.8. The minimum Gasteiger partial charge on any atom is -0.397 e. The topological polar surface area (TPSA) is 37.4 Å². The second-order valence-electron chi connectivity index (χ2n) is 34.0. The van der Waals surface area contributed by atoms with Crippen molar-refractivity contribution in [3.63, 3.8) is 0 Å². The minimum atomic E-state index is -1.09. The number of hydrogen-bond donors (Lipinski definition) is 1. The second-order valence-corrected chi connectivity index (χ2v) is 34.0.